The highest BCUT2D eigenvalue weighted by Gasteiger charge is 2.10. The van der Waals surface area contributed by atoms with Gasteiger partial charge in [0.15, 0.2) is 0 Å². The Bertz CT molecular complexity index is 569. The molecule has 1 N–H and O–H groups in total. The van der Waals surface area contributed by atoms with Crippen molar-refractivity contribution in [2.24, 2.45) is 0 Å². The van der Waals surface area contributed by atoms with Gasteiger partial charge in [-0.05, 0) is 55.4 Å². The highest BCUT2D eigenvalue weighted by atomic mass is 15.6. The first kappa shape index (κ1) is 15.0. The third-order valence-corrected chi connectivity index (χ3v) is 4.16. The molecule has 6 nitrogen and oxygen atoms in total. The molecule has 1 saturated heterocycles. The van der Waals surface area contributed by atoms with Gasteiger partial charge in [-0.25, -0.2) is 0 Å². The average Bonchev–Trinajstić information content (AvgIpc) is 2.83. The molecule has 0 amide bonds. The lowest BCUT2D eigenvalue weighted by molar-refractivity contribution is 0.296. The molecule has 1 aliphatic heterocycles. The van der Waals surface area contributed by atoms with Gasteiger partial charge in [0.1, 0.15) is 0 Å². The van der Waals surface area contributed by atoms with Gasteiger partial charge < -0.3 is 10.2 Å². The predicted molar refractivity (Wildman–Crippen MR) is 87.3 cm³/mol. The second kappa shape index (κ2) is 7.35. The molecular weight excluding hydrogens is 276 g/mol. The largest absolute Gasteiger partial charge is 0.351 e. The maximum atomic E-state index is 4.09. The summed E-state index contributed by atoms with van der Waals surface area (Å²) in [6.45, 7) is 6.41. The summed E-state index contributed by atoms with van der Waals surface area (Å²) in [4.78, 5) is 2.53. The highest BCUT2D eigenvalue weighted by molar-refractivity contribution is 5.39. The van der Waals surface area contributed by atoms with Gasteiger partial charge in [-0.15, -0.1) is 0 Å². The highest BCUT2D eigenvalue weighted by Crippen LogP contribution is 2.12. The Labute approximate surface area is 131 Å². The summed E-state index contributed by atoms with van der Waals surface area (Å²) in [5.41, 5.74) is 2.21. The van der Waals surface area contributed by atoms with Gasteiger partial charge in [0.05, 0.1) is 5.69 Å². The van der Waals surface area contributed by atoms with E-state index in [2.05, 4.69) is 44.8 Å². The third kappa shape index (κ3) is 3.82. The smallest absolute Gasteiger partial charge is 0.247 e. The van der Waals surface area contributed by atoms with Crippen LogP contribution in [0, 0.1) is 6.92 Å². The number of likely N-dealkylation sites (tertiary alicyclic amines) is 1. The Balaban J connectivity index is 1.57. The maximum absolute atomic E-state index is 4.09. The van der Waals surface area contributed by atoms with Crippen LogP contribution in [0.4, 0.5) is 5.95 Å². The van der Waals surface area contributed by atoms with Crippen molar-refractivity contribution in [1.29, 1.82) is 0 Å². The molecular formula is C16H24N6. The fraction of sp³-hybridized carbons (Fsp3) is 0.562. The molecule has 2 heterocycles. The van der Waals surface area contributed by atoms with Crippen LogP contribution in [0.1, 0.15) is 31.2 Å². The zero-order valence-electron chi connectivity index (χ0n) is 13.2. The van der Waals surface area contributed by atoms with Crippen LogP contribution in [-0.2, 0) is 0 Å². The zero-order chi connectivity index (χ0) is 15.2. The maximum Gasteiger partial charge on any atom is 0.247 e. The molecule has 1 aromatic carbocycles. The topological polar surface area (TPSA) is 58.9 Å². The predicted octanol–water partition coefficient (Wildman–Crippen LogP) is 2.26. The summed E-state index contributed by atoms with van der Waals surface area (Å²) in [5.74, 6) is 0.707. The number of tetrazole rings is 1. The summed E-state index contributed by atoms with van der Waals surface area (Å²) in [7, 11) is 0. The summed E-state index contributed by atoms with van der Waals surface area (Å²) in [6, 6.07) is 8.20. The molecule has 0 unspecified atom stereocenters. The number of aryl methyl sites for hydroxylation is 1. The molecule has 3 rings (SSSR count). The third-order valence-electron chi connectivity index (χ3n) is 4.16. The fourth-order valence-electron chi connectivity index (χ4n) is 2.84. The van der Waals surface area contributed by atoms with E-state index in [1.165, 1.54) is 44.3 Å². The fourth-order valence-corrected chi connectivity index (χ4v) is 2.84. The molecule has 6 heteroatoms. The summed E-state index contributed by atoms with van der Waals surface area (Å²) >= 11 is 0. The van der Waals surface area contributed by atoms with Crippen LogP contribution in [0.15, 0.2) is 24.3 Å². The van der Waals surface area contributed by atoms with Gasteiger partial charge in [0, 0.05) is 13.1 Å². The second-order valence-electron chi connectivity index (χ2n) is 5.93. The molecule has 0 saturated carbocycles. The van der Waals surface area contributed by atoms with Crippen LogP contribution < -0.4 is 5.32 Å². The van der Waals surface area contributed by atoms with E-state index >= 15 is 0 Å². The normalized spacial score (nSPS) is 16.4. The standard InChI is InChI=1S/C16H24N6/c1-14-6-8-15(9-7-14)22-16(18-19-20-22)17-10-13-21-11-4-2-3-5-12-21/h6-9H,2-5,10-13H2,1H3,(H,17,18,20). The van der Waals surface area contributed by atoms with Crippen LogP contribution in [-0.4, -0.2) is 51.3 Å². The van der Waals surface area contributed by atoms with E-state index < -0.39 is 0 Å². The van der Waals surface area contributed by atoms with Crippen molar-refractivity contribution < 1.29 is 0 Å². The number of hydrogen-bond donors (Lipinski definition) is 1. The van der Waals surface area contributed by atoms with Crippen molar-refractivity contribution in [1.82, 2.24) is 25.1 Å². The summed E-state index contributed by atoms with van der Waals surface area (Å²) in [5, 5.41) is 15.3. The van der Waals surface area contributed by atoms with E-state index in [4.69, 9.17) is 0 Å². The monoisotopic (exact) mass is 300 g/mol. The first-order valence-corrected chi connectivity index (χ1v) is 8.14. The van der Waals surface area contributed by atoms with Gasteiger partial charge in [-0.1, -0.05) is 35.6 Å². The van der Waals surface area contributed by atoms with Crippen LogP contribution in [0.25, 0.3) is 5.69 Å². The van der Waals surface area contributed by atoms with Crippen molar-refractivity contribution in [3.63, 3.8) is 0 Å². The number of nitrogens with zero attached hydrogens (tertiary/aromatic N) is 5. The van der Waals surface area contributed by atoms with E-state index in [-0.39, 0.29) is 0 Å². The molecule has 1 aromatic heterocycles. The SMILES string of the molecule is Cc1ccc(-n2nnnc2NCCN2CCCCCC2)cc1. The van der Waals surface area contributed by atoms with E-state index in [1.807, 2.05) is 12.1 Å². The number of benzene rings is 1. The lowest BCUT2D eigenvalue weighted by atomic mass is 10.2. The van der Waals surface area contributed by atoms with Crippen molar-refractivity contribution in [3.05, 3.63) is 29.8 Å². The van der Waals surface area contributed by atoms with Gasteiger partial charge in [-0.3, -0.25) is 0 Å². The van der Waals surface area contributed by atoms with E-state index in [0.717, 1.165) is 18.8 Å². The van der Waals surface area contributed by atoms with Crippen LogP contribution >= 0.6 is 0 Å². The Hall–Kier alpha value is -1.95. The number of rotatable bonds is 5. The first-order chi connectivity index (χ1) is 10.8. The number of nitrogens with one attached hydrogen (secondary N) is 1. The molecule has 1 fully saturated rings. The molecule has 1 aliphatic rings. The van der Waals surface area contributed by atoms with Crippen molar-refractivity contribution in [2.45, 2.75) is 32.6 Å². The van der Waals surface area contributed by atoms with Crippen LogP contribution in [0.5, 0.6) is 0 Å². The molecule has 2 aromatic rings. The molecule has 22 heavy (non-hydrogen) atoms. The molecule has 0 aliphatic carbocycles. The quantitative estimate of drug-likeness (QED) is 0.918. The average molecular weight is 300 g/mol. The number of hydrogen-bond acceptors (Lipinski definition) is 5. The molecule has 0 radical (unpaired) electrons. The lowest BCUT2D eigenvalue weighted by Gasteiger charge is -2.19. The van der Waals surface area contributed by atoms with Crippen molar-refractivity contribution in [2.75, 3.05) is 31.5 Å². The van der Waals surface area contributed by atoms with Gasteiger partial charge in [-0.2, -0.15) is 4.68 Å². The van der Waals surface area contributed by atoms with Crippen molar-refractivity contribution in [3.8, 4) is 5.69 Å². The zero-order valence-corrected chi connectivity index (χ0v) is 13.2. The molecule has 0 atom stereocenters. The van der Waals surface area contributed by atoms with E-state index in [1.54, 1.807) is 4.68 Å². The van der Waals surface area contributed by atoms with Crippen LogP contribution in [0.3, 0.4) is 0 Å². The molecule has 0 bridgehead atoms. The first-order valence-electron chi connectivity index (χ1n) is 8.14. The Morgan fingerprint density at radius 3 is 2.50 bits per heavy atom. The Morgan fingerprint density at radius 2 is 1.77 bits per heavy atom. The minimum Gasteiger partial charge on any atom is -0.351 e. The number of anilines is 1. The van der Waals surface area contributed by atoms with E-state index in [0.29, 0.717) is 5.95 Å². The summed E-state index contributed by atoms with van der Waals surface area (Å²) < 4.78 is 1.75. The summed E-state index contributed by atoms with van der Waals surface area (Å²) in [6.07, 6.45) is 5.38. The van der Waals surface area contributed by atoms with Gasteiger partial charge in [0.2, 0.25) is 5.95 Å². The Kier molecular flexibility index (Phi) is 5.00. The Morgan fingerprint density at radius 1 is 1.05 bits per heavy atom. The van der Waals surface area contributed by atoms with E-state index in [9.17, 15) is 0 Å². The number of aromatic nitrogens is 4. The minimum absolute atomic E-state index is 0.707. The van der Waals surface area contributed by atoms with Gasteiger partial charge in [0.25, 0.3) is 0 Å². The second-order valence-corrected chi connectivity index (χ2v) is 5.93. The lowest BCUT2D eigenvalue weighted by Crippen LogP contribution is -2.30. The minimum atomic E-state index is 0.707. The van der Waals surface area contributed by atoms with Crippen LogP contribution in [0.2, 0.25) is 0 Å². The van der Waals surface area contributed by atoms with Gasteiger partial charge >= 0.3 is 0 Å². The molecule has 0 spiro atoms. The molecule has 118 valence electrons. The van der Waals surface area contributed by atoms with Crippen molar-refractivity contribution >= 4 is 5.95 Å².